The number of hydrogen-bond donors (Lipinski definition) is 2. The maximum absolute atomic E-state index is 13.2. The molecule has 0 saturated carbocycles. The summed E-state index contributed by atoms with van der Waals surface area (Å²) < 4.78 is 70.2. The molecule has 198 valence electrons. The molecule has 14 heteroatoms. The quantitative estimate of drug-likeness (QED) is 0.293. The minimum atomic E-state index is -4.69. The molecule has 0 bridgehead atoms. The third-order valence-electron chi connectivity index (χ3n) is 5.30. The van der Waals surface area contributed by atoms with Gasteiger partial charge in [0.05, 0.1) is 43.0 Å². The van der Waals surface area contributed by atoms with Crippen LogP contribution in [-0.2, 0) is 17.4 Å². The molecule has 0 radical (unpaired) electrons. The van der Waals surface area contributed by atoms with Crippen molar-refractivity contribution in [2.24, 2.45) is 0 Å². The van der Waals surface area contributed by atoms with E-state index in [0.29, 0.717) is 27.2 Å². The number of benzene rings is 1. The molecule has 0 saturated heterocycles. The van der Waals surface area contributed by atoms with E-state index in [0.717, 1.165) is 31.1 Å². The van der Waals surface area contributed by atoms with Gasteiger partial charge < -0.3 is 15.4 Å². The summed E-state index contributed by atoms with van der Waals surface area (Å²) in [5, 5.41) is 8.96. The van der Waals surface area contributed by atoms with Crippen LogP contribution >= 0.6 is 0 Å². The molecule has 4 rings (SSSR count). The lowest BCUT2D eigenvalue weighted by Crippen LogP contribution is -2.16. The van der Waals surface area contributed by atoms with Crippen LogP contribution in [0.5, 0.6) is 5.88 Å². The number of amides is 1. The number of nitrogens with zero attached hydrogens (tertiary/aromatic N) is 5. The first-order chi connectivity index (χ1) is 18.0. The van der Waals surface area contributed by atoms with Crippen LogP contribution in [0.15, 0.2) is 55.1 Å². The number of nitrogens with one attached hydrogen (secondary N) is 2. The van der Waals surface area contributed by atoms with Crippen LogP contribution in [0.3, 0.4) is 0 Å². The topological polar surface area (TPSA) is 107 Å². The monoisotopic (exact) mass is 533 g/mol. The Labute approximate surface area is 212 Å². The molecule has 9 nitrogen and oxygen atoms in total. The third-order valence-corrected chi connectivity index (χ3v) is 5.30. The number of carbonyl (C=O) groups excluding carboxylic acids is 1. The SMILES string of the molecule is COc1ncc(NC(=O)Cc2ccc(-c3cnc(Nc4cn(C(F)F)nc4C)nc3)cc2)cc1C(F)(F)F. The summed E-state index contributed by atoms with van der Waals surface area (Å²) in [6.07, 6.45) is 0.548. The van der Waals surface area contributed by atoms with Crippen molar-refractivity contribution in [1.82, 2.24) is 24.7 Å². The maximum Gasteiger partial charge on any atom is 0.421 e. The molecule has 3 heterocycles. The number of methoxy groups -OCH3 is 1. The molecule has 1 amide bonds. The van der Waals surface area contributed by atoms with E-state index in [1.165, 1.54) is 0 Å². The fourth-order valence-corrected chi connectivity index (χ4v) is 3.46. The summed E-state index contributed by atoms with van der Waals surface area (Å²) in [4.78, 5) is 24.4. The van der Waals surface area contributed by atoms with Gasteiger partial charge in [-0.3, -0.25) is 4.79 Å². The van der Waals surface area contributed by atoms with E-state index in [1.54, 1.807) is 43.6 Å². The van der Waals surface area contributed by atoms with Crippen molar-refractivity contribution in [3.63, 3.8) is 0 Å². The first kappa shape index (κ1) is 26.4. The number of rotatable bonds is 8. The number of anilines is 3. The van der Waals surface area contributed by atoms with Crippen molar-refractivity contribution in [1.29, 1.82) is 0 Å². The van der Waals surface area contributed by atoms with Crippen molar-refractivity contribution in [2.75, 3.05) is 17.7 Å². The van der Waals surface area contributed by atoms with E-state index in [-0.39, 0.29) is 18.1 Å². The summed E-state index contributed by atoms with van der Waals surface area (Å²) >= 11 is 0. The Morgan fingerprint density at radius 3 is 2.32 bits per heavy atom. The fourth-order valence-electron chi connectivity index (χ4n) is 3.46. The molecule has 0 aliphatic rings. The summed E-state index contributed by atoms with van der Waals surface area (Å²) in [5.41, 5.74) is 1.54. The normalized spacial score (nSPS) is 11.5. The van der Waals surface area contributed by atoms with Crippen LogP contribution in [-0.4, -0.2) is 37.7 Å². The van der Waals surface area contributed by atoms with Gasteiger partial charge in [-0.25, -0.2) is 19.6 Å². The van der Waals surface area contributed by atoms with Crippen molar-refractivity contribution in [3.8, 4) is 17.0 Å². The van der Waals surface area contributed by atoms with E-state index in [9.17, 15) is 26.7 Å². The van der Waals surface area contributed by atoms with Gasteiger partial charge in [-0.05, 0) is 24.1 Å². The van der Waals surface area contributed by atoms with Crippen molar-refractivity contribution in [3.05, 3.63) is 71.9 Å². The van der Waals surface area contributed by atoms with Crippen LogP contribution in [0, 0.1) is 6.92 Å². The largest absolute Gasteiger partial charge is 0.481 e. The molecule has 0 aliphatic carbocycles. The number of halogens is 5. The molecule has 0 unspecified atom stereocenters. The lowest BCUT2D eigenvalue weighted by atomic mass is 10.0. The average Bonchev–Trinajstić information content (AvgIpc) is 3.25. The molecule has 1 aromatic carbocycles. The molecular weight excluding hydrogens is 513 g/mol. The second-order valence-corrected chi connectivity index (χ2v) is 8.01. The van der Waals surface area contributed by atoms with Gasteiger partial charge in [0.25, 0.3) is 0 Å². The van der Waals surface area contributed by atoms with E-state index in [2.05, 4.69) is 35.4 Å². The standard InChI is InChI=1S/C24H20F5N7O2/c1-13-19(12-36(35-13)22(25)26)34-23-31-9-16(10-32-23)15-5-3-14(4-6-15)7-20(37)33-17-8-18(24(27,28)29)21(38-2)30-11-17/h3-6,8-12,22H,7H2,1-2H3,(H,33,37)(H,31,32,34). The number of carbonyl (C=O) groups is 1. The third kappa shape index (κ3) is 6.19. The second-order valence-electron chi connectivity index (χ2n) is 8.01. The van der Waals surface area contributed by atoms with Gasteiger partial charge in [-0.1, -0.05) is 24.3 Å². The molecule has 3 aromatic heterocycles. The van der Waals surface area contributed by atoms with Gasteiger partial charge in [0, 0.05) is 18.0 Å². The number of ether oxygens (including phenoxy) is 1. The zero-order valence-electron chi connectivity index (χ0n) is 19.9. The number of aryl methyl sites for hydroxylation is 1. The van der Waals surface area contributed by atoms with E-state index >= 15 is 0 Å². The predicted molar refractivity (Wildman–Crippen MR) is 127 cm³/mol. The Kier molecular flexibility index (Phi) is 7.50. The van der Waals surface area contributed by atoms with Crippen LogP contribution in [0.2, 0.25) is 0 Å². The average molecular weight is 533 g/mol. The Bertz CT molecular complexity index is 1420. The van der Waals surface area contributed by atoms with Gasteiger partial charge in [-0.15, -0.1) is 0 Å². The van der Waals surface area contributed by atoms with Gasteiger partial charge >= 0.3 is 12.7 Å². The number of pyridine rings is 1. The molecule has 0 fully saturated rings. The van der Waals surface area contributed by atoms with E-state index < -0.39 is 30.1 Å². The predicted octanol–water partition coefficient (Wildman–Crippen LogP) is 5.39. The van der Waals surface area contributed by atoms with Crippen molar-refractivity contribution >= 4 is 23.2 Å². The lowest BCUT2D eigenvalue weighted by Gasteiger charge is -2.13. The van der Waals surface area contributed by atoms with E-state index in [1.807, 2.05) is 0 Å². The molecule has 2 N–H and O–H groups in total. The minimum absolute atomic E-state index is 0.0847. The van der Waals surface area contributed by atoms with Crippen molar-refractivity contribution < 1.29 is 31.5 Å². The Morgan fingerprint density at radius 2 is 1.74 bits per heavy atom. The maximum atomic E-state index is 13.2. The Morgan fingerprint density at radius 1 is 1.05 bits per heavy atom. The lowest BCUT2D eigenvalue weighted by molar-refractivity contribution is -0.139. The number of hydrogen-bond acceptors (Lipinski definition) is 7. The van der Waals surface area contributed by atoms with Crippen molar-refractivity contribution in [2.45, 2.75) is 26.1 Å². The van der Waals surface area contributed by atoms with Gasteiger partial charge in [0.1, 0.15) is 5.56 Å². The summed E-state index contributed by atoms with van der Waals surface area (Å²) in [7, 11) is 1.08. The molecule has 0 spiro atoms. The molecule has 4 aromatic rings. The first-order valence-electron chi connectivity index (χ1n) is 11.0. The number of aromatic nitrogens is 5. The highest BCUT2D eigenvalue weighted by atomic mass is 19.4. The smallest absolute Gasteiger partial charge is 0.421 e. The molecule has 38 heavy (non-hydrogen) atoms. The summed E-state index contributed by atoms with van der Waals surface area (Å²) in [5.74, 6) is -0.917. The highest BCUT2D eigenvalue weighted by molar-refractivity contribution is 5.92. The number of alkyl halides is 5. The Hall–Kier alpha value is -4.62. The molecule has 0 atom stereocenters. The summed E-state index contributed by atoms with van der Waals surface area (Å²) in [6, 6.07) is 7.62. The second kappa shape index (κ2) is 10.8. The van der Waals surface area contributed by atoms with Crippen LogP contribution in [0.4, 0.5) is 39.3 Å². The van der Waals surface area contributed by atoms with Crippen LogP contribution < -0.4 is 15.4 Å². The fraction of sp³-hybridized carbons (Fsp3) is 0.208. The van der Waals surface area contributed by atoms with Gasteiger partial charge in [-0.2, -0.15) is 27.1 Å². The summed E-state index contributed by atoms with van der Waals surface area (Å²) in [6.45, 7) is -1.19. The van der Waals surface area contributed by atoms with Crippen LogP contribution in [0.25, 0.3) is 11.1 Å². The van der Waals surface area contributed by atoms with Gasteiger partial charge in [0.2, 0.25) is 17.7 Å². The molecule has 0 aliphatic heterocycles. The highest BCUT2D eigenvalue weighted by Gasteiger charge is 2.35. The Balaban J connectivity index is 1.38. The van der Waals surface area contributed by atoms with Crippen LogP contribution in [0.1, 0.15) is 23.4 Å². The zero-order valence-corrected chi connectivity index (χ0v) is 19.9. The highest BCUT2D eigenvalue weighted by Crippen LogP contribution is 2.36. The first-order valence-corrected chi connectivity index (χ1v) is 11.0. The minimum Gasteiger partial charge on any atom is -0.481 e. The van der Waals surface area contributed by atoms with Gasteiger partial charge in [0.15, 0.2) is 0 Å². The molecular formula is C24H20F5N7O2. The zero-order chi connectivity index (χ0) is 27.4. The van der Waals surface area contributed by atoms with E-state index in [4.69, 9.17) is 0 Å².